The second-order valence-corrected chi connectivity index (χ2v) is 10.8. The Morgan fingerprint density at radius 3 is 2.40 bits per heavy atom. The van der Waals surface area contributed by atoms with Crippen molar-refractivity contribution in [3.05, 3.63) is 28.8 Å². The van der Waals surface area contributed by atoms with Gasteiger partial charge < -0.3 is 15.9 Å². The third-order valence-electron chi connectivity index (χ3n) is 8.03. The molecule has 3 aliphatic rings. The zero-order valence-electron chi connectivity index (χ0n) is 20.4. The van der Waals surface area contributed by atoms with Crippen LogP contribution in [0.1, 0.15) is 48.2 Å². The van der Waals surface area contributed by atoms with Crippen molar-refractivity contribution in [1.82, 2.24) is 4.90 Å². The Morgan fingerprint density at radius 2 is 1.83 bits per heavy atom. The Balaban J connectivity index is 1.83. The number of benzene rings is 1. The van der Waals surface area contributed by atoms with Gasteiger partial charge in [0, 0.05) is 5.92 Å². The van der Waals surface area contributed by atoms with Gasteiger partial charge in [0.15, 0.2) is 34.7 Å². The molecule has 3 aliphatic carbocycles. The molecule has 6 atom stereocenters. The predicted octanol–water partition coefficient (Wildman–Crippen LogP) is 0.456. The fourth-order valence-electron chi connectivity index (χ4n) is 6.35. The summed E-state index contributed by atoms with van der Waals surface area (Å²) in [4.78, 5) is 67.2. The molecule has 2 saturated carbocycles. The Kier molecular flexibility index (Phi) is 6.22. The molecule has 0 radical (unpaired) electrons. The standard InChI is InChI=1S/C26H32N2O7/c1-11(2)5-6-12-7-8-16(29)18-14(12)9-13-10-15-20(28(3)4)22(31)19(25(27)34)24(33)26(15,35)23(32)17(13)21(18)30/h7-8,11,13,15,17,19-20,29,35H,5-6,9-10H2,1-4H3,(H2,27,34)/t13-,15-,17?,19?,20-,26-/m0/s1. The van der Waals surface area contributed by atoms with E-state index in [4.69, 9.17) is 5.73 Å². The number of phenolic OH excluding ortho intramolecular Hbond substituents is 1. The van der Waals surface area contributed by atoms with E-state index >= 15 is 0 Å². The number of rotatable bonds is 5. The van der Waals surface area contributed by atoms with Gasteiger partial charge in [0.2, 0.25) is 5.91 Å². The fraction of sp³-hybridized carbons (Fsp3) is 0.577. The molecule has 0 bridgehead atoms. The van der Waals surface area contributed by atoms with Gasteiger partial charge in [-0.25, -0.2) is 0 Å². The maximum absolute atomic E-state index is 13.7. The van der Waals surface area contributed by atoms with Crippen LogP contribution in [-0.2, 0) is 32.0 Å². The van der Waals surface area contributed by atoms with Crippen LogP contribution in [0.25, 0.3) is 0 Å². The average Bonchev–Trinajstić information content (AvgIpc) is 2.75. The summed E-state index contributed by atoms with van der Waals surface area (Å²) >= 11 is 0. The van der Waals surface area contributed by atoms with Crippen LogP contribution in [0.5, 0.6) is 5.75 Å². The van der Waals surface area contributed by atoms with Crippen LogP contribution in [-0.4, -0.2) is 69.9 Å². The van der Waals surface area contributed by atoms with Crippen LogP contribution in [0.3, 0.4) is 0 Å². The number of likely N-dealkylation sites (N-methyl/N-ethyl adjacent to an activating group) is 1. The summed E-state index contributed by atoms with van der Waals surface area (Å²) in [6, 6.07) is 2.13. The van der Waals surface area contributed by atoms with Crippen LogP contribution in [0.15, 0.2) is 12.1 Å². The second-order valence-electron chi connectivity index (χ2n) is 10.8. The highest BCUT2D eigenvalue weighted by Gasteiger charge is 2.69. The molecule has 1 amide bonds. The van der Waals surface area contributed by atoms with Gasteiger partial charge in [-0.1, -0.05) is 19.9 Å². The normalized spacial score (nSPS) is 32.5. The number of nitrogens with zero attached hydrogens (tertiary/aromatic N) is 1. The molecule has 2 fully saturated rings. The topological polar surface area (TPSA) is 155 Å². The number of fused-ring (bicyclic) bond motifs is 3. The molecule has 35 heavy (non-hydrogen) atoms. The summed E-state index contributed by atoms with van der Waals surface area (Å²) < 4.78 is 0. The highest BCUT2D eigenvalue weighted by Crippen LogP contribution is 2.51. The number of hydrogen-bond acceptors (Lipinski definition) is 8. The highest BCUT2D eigenvalue weighted by atomic mass is 16.3. The van der Waals surface area contributed by atoms with E-state index in [0.717, 1.165) is 12.0 Å². The van der Waals surface area contributed by atoms with Crippen LogP contribution >= 0.6 is 0 Å². The van der Waals surface area contributed by atoms with Gasteiger partial charge in [-0.2, -0.15) is 0 Å². The summed E-state index contributed by atoms with van der Waals surface area (Å²) in [5.74, 6) is -9.71. The summed E-state index contributed by atoms with van der Waals surface area (Å²) in [7, 11) is 3.13. The molecule has 0 spiro atoms. The van der Waals surface area contributed by atoms with Crippen molar-refractivity contribution in [3.8, 4) is 5.75 Å². The molecule has 188 valence electrons. The molecular formula is C26H32N2O7. The number of Topliss-reactive ketones (excluding diaryl/α,β-unsaturated/α-hetero) is 4. The first-order valence-electron chi connectivity index (χ1n) is 12.0. The van der Waals surface area contributed by atoms with Crippen molar-refractivity contribution in [1.29, 1.82) is 0 Å². The Labute approximate surface area is 203 Å². The van der Waals surface area contributed by atoms with Crippen molar-refractivity contribution in [3.63, 3.8) is 0 Å². The number of hydrogen-bond donors (Lipinski definition) is 3. The quantitative estimate of drug-likeness (QED) is 0.509. The molecule has 9 nitrogen and oxygen atoms in total. The van der Waals surface area contributed by atoms with E-state index in [2.05, 4.69) is 13.8 Å². The van der Waals surface area contributed by atoms with E-state index in [-0.39, 0.29) is 17.7 Å². The third-order valence-corrected chi connectivity index (χ3v) is 8.03. The molecule has 0 heterocycles. The van der Waals surface area contributed by atoms with Crippen molar-refractivity contribution in [2.75, 3.05) is 14.1 Å². The summed E-state index contributed by atoms with van der Waals surface area (Å²) in [6.07, 6.45) is 1.93. The van der Waals surface area contributed by atoms with E-state index in [1.54, 1.807) is 20.2 Å². The van der Waals surface area contributed by atoms with Crippen LogP contribution < -0.4 is 5.73 Å². The van der Waals surface area contributed by atoms with Crippen molar-refractivity contribution in [2.24, 2.45) is 35.3 Å². The fourth-order valence-corrected chi connectivity index (χ4v) is 6.35. The molecule has 0 aliphatic heterocycles. The number of aliphatic hydroxyl groups is 1. The lowest BCUT2D eigenvalue weighted by Crippen LogP contribution is -2.74. The SMILES string of the molecule is CC(C)CCc1ccc(O)c2c1C[C@H]1C[C@H]3[C@H](N(C)C)C(=O)C(C(N)=O)C(=O)[C@@]3(O)C(=O)C1C2=O. The number of carbonyl (C=O) groups excluding carboxylic acids is 5. The number of ketones is 4. The summed E-state index contributed by atoms with van der Waals surface area (Å²) in [5, 5.41) is 22.1. The van der Waals surface area contributed by atoms with Crippen molar-refractivity contribution >= 4 is 29.0 Å². The first-order chi connectivity index (χ1) is 16.3. The number of primary amides is 1. The molecule has 4 N–H and O–H groups in total. The minimum absolute atomic E-state index is 0.0536. The highest BCUT2D eigenvalue weighted by molar-refractivity contribution is 6.32. The van der Waals surface area contributed by atoms with Gasteiger partial charge in [-0.15, -0.1) is 0 Å². The lowest BCUT2D eigenvalue weighted by atomic mass is 9.52. The zero-order valence-corrected chi connectivity index (χ0v) is 20.4. The maximum Gasteiger partial charge on any atom is 0.235 e. The van der Waals surface area contributed by atoms with Gasteiger partial charge in [0.25, 0.3) is 0 Å². The summed E-state index contributed by atoms with van der Waals surface area (Å²) in [6.45, 7) is 4.18. The largest absolute Gasteiger partial charge is 0.507 e. The minimum atomic E-state index is -2.69. The molecule has 0 saturated heterocycles. The molecule has 1 aromatic carbocycles. The maximum atomic E-state index is 13.7. The predicted molar refractivity (Wildman–Crippen MR) is 125 cm³/mol. The zero-order chi connectivity index (χ0) is 26.0. The molecule has 9 heteroatoms. The van der Waals surface area contributed by atoms with E-state index in [0.29, 0.717) is 24.3 Å². The minimum Gasteiger partial charge on any atom is -0.507 e. The molecule has 4 rings (SSSR count). The Hall–Kier alpha value is -2.91. The molecule has 0 aromatic heterocycles. The monoisotopic (exact) mass is 484 g/mol. The van der Waals surface area contributed by atoms with Gasteiger partial charge in [-0.05, 0) is 68.8 Å². The van der Waals surface area contributed by atoms with Gasteiger partial charge in [0.05, 0.1) is 17.5 Å². The van der Waals surface area contributed by atoms with E-state index in [1.165, 1.54) is 11.0 Å². The number of aromatic hydroxyl groups is 1. The van der Waals surface area contributed by atoms with Crippen LogP contribution in [0.2, 0.25) is 0 Å². The van der Waals surface area contributed by atoms with Crippen molar-refractivity contribution < 1.29 is 34.2 Å². The van der Waals surface area contributed by atoms with E-state index in [9.17, 15) is 34.2 Å². The smallest absolute Gasteiger partial charge is 0.235 e. The van der Waals surface area contributed by atoms with Crippen LogP contribution in [0, 0.1) is 29.6 Å². The van der Waals surface area contributed by atoms with Gasteiger partial charge >= 0.3 is 0 Å². The Morgan fingerprint density at radius 1 is 1.17 bits per heavy atom. The molecule has 1 aromatic rings. The number of phenols is 1. The average molecular weight is 485 g/mol. The summed E-state index contributed by atoms with van der Waals surface area (Å²) in [5.41, 5.74) is 4.28. The molecular weight excluding hydrogens is 452 g/mol. The lowest BCUT2D eigenvalue weighted by Gasteiger charge is -2.52. The number of amides is 1. The van der Waals surface area contributed by atoms with E-state index < -0.39 is 64.4 Å². The first-order valence-corrected chi connectivity index (χ1v) is 12.0. The Bertz CT molecular complexity index is 1140. The van der Waals surface area contributed by atoms with Gasteiger partial charge in [-0.3, -0.25) is 28.9 Å². The van der Waals surface area contributed by atoms with Crippen molar-refractivity contribution in [2.45, 2.75) is 51.2 Å². The van der Waals surface area contributed by atoms with Crippen LogP contribution in [0.4, 0.5) is 0 Å². The number of nitrogens with two attached hydrogens (primary N) is 1. The third kappa shape index (κ3) is 3.63. The second kappa shape index (κ2) is 8.64. The van der Waals surface area contributed by atoms with Gasteiger partial charge in [0.1, 0.15) is 5.75 Å². The lowest BCUT2D eigenvalue weighted by molar-refractivity contribution is -0.181. The van der Waals surface area contributed by atoms with E-state index in [1.807, 2.05) is 0 Å². The first kappa shape index (κ1) is 25.2. The number of carbonyl (C=O) groups is 5. The number of aryl methyl sites for hydroxylation is 1. The molecule has 2 unspecified atom stereocenters.